The number of carbonyl (C=O) groups excluding carboxylic acids is 2. The van der Waals surface area contributed by atoms with Crippen molar-refractivity contribution in [2.75, 3.05) is 23.8 Å². The highest BCUT2D eigenvalue weighted by Crippen LogP contribution is 2.38. The van der Waals surface area contributed by atoms with Gasteiger partial charge in [0.1, 0.15) is 0 Å². The second-order valence-electron chi connectivity index (χ2n) is 6.06. The molecule has 0 unspecified atom stereocenters. The summed E-state index contributed by atoms with van der Waals surface area (Å²) in [5.74, 6) is 0.597. The molecule has 8 heteroatoms. The lowest BCUT2D eigenvalue weighted by molar-refractivity contribution is -0.116. The summed E-state index contributed by atoms with van der Waals surface area (Å²) in [7, 11) is 0. The summed E-state index contributed by atoms with van der Waals surface area (Å²) in [5.41, 5.74) is 1.71. The molecule has 0 atom stereocenters. The molecule has 0 radical (unpaired) electrons. The molecule has 2 aromatic rings. The van der Waals surface area contributed by atoms with Crippen LogP contribution >= 0.6 is 23.2 Å². The van der Waals surface area contributed by atoms with Crippen LogP contribution in [0.2, 0.25) is 10.0 Å². The lowest BCUT2D eigenvalue weighted by Gasteiger charge is -2.12. The Bertz CT molecular complexity index is 886. The number of fused-ring (bicyclic) bond motifs is 1. The van der Waals surface area contributed by atoms with E-state index >= 15 is 0 Å². The van der Waals surface area contributed by atoms with Crippen LogP contribution < -0.4 is 20.1 Å². The Kier molecular flexibility index (Phi) is 6.08. The van der Waals surface area contributed by atoms with Crippen LogP contribution in [0, 0.1) is 0 Å². The zero-order chi connectivity index (χ0) is 19.4. The molecule has 142 valence electrons. The Labute approximate surface area is 166 Å². The Balaban J connectivity index is 1.70. The molecule has 1 aliphatic heterocycles. The largest absolute Gasteiger partial charge is 0.489 e. The highest BCUT2D eigenvalue weighted by molar-refractivity contribution is 6.34. The fraction of sp³-hybridized carbons (Fsp3) is 0.263. The molecule has 2 N–H and O–H groups in total. The van der Waals surface area contributed by atoms with Crippen molar-refractivity contribution in [1.82, 2.24) is 0 Å². The van der Waals surface area contributed by atoms with Gasteiger partial charge in [-0.3, -0.25) is 9.59 Å². The first-order valence-electron chi connectivity index (χ1n) is 8.37. The van der Waals surface area contributed by atoms with Crippen molar-refractivity contribution in [3.05, 3.63) is 45.9 Å². The van der Waals surface area contributed by atoms with Gasteiger partial charge in [-0.15, -0.1) is 0 Å². The molecule has 2 aromatic carbocycles. The van der Waals surface area contributed by atoms with E-state index in [0.717, 1.165) is 6.42 Å². The summed E-state index contributed by atoms with van der Waals surface area (Å²) < 4.78 is 11.2. The molecule has 0 spiro atoms. The van der Waals surface area contributed by atoms with E-state index < -0.39 is 0 Å². The fourth-order valence-corrected chi connectivity index (χ4v) is 3.18. The van der Waals surface area contributed by atoms with E-state index in [4.69, 9.17) is 32.7 Å². The van der Waals surface area contributed by atoms with Crippen molar-refractivity contribution in [3.63, 3.8) is 0 Å². The van der Waals surface area contributed by atoms with E-state index in [1.54, 1.807) is 30.3 Å². The van der Waals surface area contributed by atoms with Gasteiger partial charge in [0, 0.05) is 19.0 Å². The van der Waals surface area contributed by atoms with Gasteiger partial charge in [0.2, 0.25) is 11.8 Å². The second kappa shape index (κ2) is 8.50. The Hall–Kier alpha value is -2.44. The second-order valence-corrected chi connectivity index (χ2v) is 6.87. The first-order valence-corrected chi connectivity index (χ1v) is 9.13. The van der Waals surface area contributed by atoms with Crippen molar-refractivity contribution in [1.29, 1.82) is 0 Å². The third kappa shape index (κ3) is 5.05. The van der Waals surface area contributed by atoms with Gasteiger partial charge in [0.25, 0.3) is 0 Å². The summed E-state index contributed by atoms with van der Waals surface area (Å²) in [6.07, 6.45) is 0.869. The quantitative estimate of drug-likeness (QED) is 0.790. The van der Waals surface area contributed by atoms with Crippen molar-refractivity contribution in [2.45, 2.75) is 19.8 Å². The first-order chi connectivity index (χ1) is 12.9. The van der Waals surface area contributed by atoms with Crippen LogP contribution in [0.5, 0.6) is 11.5 Å². The van der Waals surface area contributed by atoms with E-state index in [9.17, 15) is 9.59 Å². The van der Waals surface area contributed by atoms with E-state index in [1.807, 2.05) is 0 Å². The number of ether oxygens (including phenoxy) is 2. The standard InChI is InChI=1S/C19H18Cl2N2O4/c1-11(24)22-13-3-4-16(14(20)10-13)23-18(25)9-12-7-15(21)19-17(8-12)26-5-2-6-27-19/h3-4,7-8,10H,2,5-6,9H2,1H3,(H,22,24)(H,23,25). The Morgan fingerprint density at radius 2 is 1.81 bits per heavy atom. The van der Waals surface area contributed by atoms with Crippen LogP contribution in [-0.4, -0.2) is 25.0 Å². The molecule has 1 aliphatic rings. The predicted octanol–water partition coefficient (Wildman–Crippen LogP) is 4.29. The van der Waals surface area contributed by atoms with Crippen molar-refractivity contribution >= 4 is 46.4 Å². The fourth-order valence-electron chi connectivity index (χ4n) is 2.66. The van der Waals surface area contributed by atoms with E-state index in [0.29, 0.717) is 51.7 Å². The van der Waals surface area contributed by atoms with Crippen LogP contribution in [-0.2, 0) is 16.0 Å². The van der Waals surface area contributed by atoms with Crippen LogP contribution in [0.4, 0.5) is 11.4 Å². The van der Waals surface area contributed by atoms with E-state index in [-0.39, 0.29) is 18.2 Å². The average molecular weight is 409 g/mol. The number of carbonyl (C=O) groups is 2. The topological polar surface area (TPSA) is 76.7 Å². The minimum absolute atomic E-state index is 0.0974. The zero-order valence-corrected chi connectivity index (χ0v) is 16.1. The molecule has 0 bridgehead atoms. The van der Waals surface area contributed by atoms with Crippen LogP contribution in [0.1, 0.15) is 18.9 Å². The highest BCUT2D eigenvalue weighted by Gasteiger charge is 2.17. The predicted molar refractivity (Wildman–Crippen MR) is 105 cm³/mol. The number of amides is 2. The molecule has 3 rings (SSSR count). The molecule has 6 nitrogen and oxygen atoms in total. The first kappa shape index (κ1) is 19.3. The smallest absolute Gasteiger partial charge is 0.228 e. The number of hydrogen-bond acceptors (Lipinski definition) is 4. The number of halogens is 2. The maximum atomic E-state index is 12.4. The van der Waals surface area contributed by atoms with Gasteiger partial charge >= 0.3 is 0 Å². The minimum atomic E-state index is -0.255. The lowest BCUT2D eigenvalue weighted by Crippen LogP contribution is -2.15. The van der Waals surface area contributed by atoms with E-state index in [1.165, 1.54) is 6.92 Å². The summed E-state index contributed by atoms with van der Waals surface area (Å²) in [6, 6.07) is 8.31. The molecule has 2 amide bonds. The SMILES string of the molecule is CC(=O)Nc1ccc(NC(=O)Cc2cc(Cl)c3c(c2)OCCCO3)c(Cl)c1. The molecular weight excluding hydrogens is 391 g/mol. The maximum Gasteiger partial charge on any atom is 0.228 e. The lowest BCUT2D eigenvalue weighted by atomic mass is 10.1. The van der Waals surface area contributed by atoms with Gasteiger partial charge in [-0.25, -0.2) is 0 Å². The molecule has 0 fully saturated rings. The highest BCUT2D eigenvalue weighted by atomic mass is 35.5. The third-order valence-electron chi connectivity index (χ3n) is 3.79. The maximum absolute atomic E-state index is 12.4. The average Bonchev–Trinajstić information content (AvgIpc) is 2.82. The van der Waals surface area contributed by atoms with Gasteiger partial charge in [0.05, 0.1) is 35.4 Å². The molecular formula is C19H18Cl2N2O4. The third-order valence-corrected chi connectivity index (χ3v) is 4.38. The normalized spacial score (nSPS) is 12.9. The monoisotopic (exact) mass is 408 g/mol. The molecule has 0 saturated heterocycles. The van der Waals surface area contributed by atoms with Crippen molar-refractivity contribution in [3.8, 4) is 11.5 Å². The summed E-state index contributed by atoms with van der Waals surface area (Å²) in [5, 5.41) is 6.12. The number of benzene rings is 2. The summed E-state index contributed by atoms with van der Waals surface area (Å²) in [6.45, 7) is 2.48. The zero-order valence-electron chi connectivity index (χ0n) is 14.6. The molecule has 0 aliphatic carbocycles. The number of hydrogen-bond donors (Lipinski definition) is 2. The molecule has 1 heterocycles. The van der Waals surface area contributed by atoms with Gasteiger partial charge in [-0.2, -0.15) is 0 Å². The van der Waals surface area contributed by atoms with Crippen LogP contribution in [0.3, 0.4) is 0 Å². The summed E-state index contributed by atoms with van der Waals surface area (Å²) in [4.78, 5) is 23.5. The number of nitrogens with one attached hydrogen (secondary N) is 2. The van der Waals surface area contributed by atoms with Crippen LogP contribution in [0.15, 0.2) is 30.3 Å². The van der Waals surface area contributed by atoms with Gasteiger partial charge < -0.3 is 20.1 Å². The molecule has 27 heavy (non-hydrogen) atoms. The van der Waals surface area contributed by atoms with Crippen molar-refractivity contribution in [2.24, 2.45) is 0 Å². The van der Waals surface area contributed by atoms with Crippen molar-refractivity contribution < 1.29 is 19.1 Å². The summed E-state index contributed by atoms with van der Waals surface area (Å²) >= 11 is 12.4. The molecule has 0 aromatic heterocycles. The minimum Gasteiger partial charge on any atom is -0.489 e. The Morgan fingerprint density at radius 1 is 1.04 bits per heavy atom. The van der Waals surface area contributed by atoms with Crippen LogP contribution in [0.25, 0.3) is 0 Å². The van der Waals surface area contributed by atoms with Gasteiger partial charge in [-0.1, -0.05) is 23.2 Å². The molecule has 0 saturated carbocycles. The Morgan fingerprint density at radius 3 is 2.56 bits per heavy atom. The van der Waals surface area contributed by atoms with E-state index in [2.05, 4.69) is 10.6 Å². The number of rotatable bonds is 4. The number of anilines is 2. The van der Waals surface area contributed by atoms with Gasteiger partial charge in [0.15, 0.2) is 11.5 Å². The van der Waals surface area contributed by atoms with Gasteiger partial charge in [-0.05, 0) is 35.9 Å².